The second-order valence-corrected chi connectivity index (χ2v) is 4.61. The average Bonchev–Trinajstić information content (AvgIpc) is 2.32. The average molecular weight is 298 g/mol. The Morgan fingerprint density at radius 1 is 1.25 bits per heavy atom. The number of aromatic hydroxyl groups is 1. The van der Waals surface area contributed by atoms with E-state index in [1.807, 2.05) is 0 Å². The van der Waals surface area contributed by atoms with E-state index in [9.17, 15) is 18.7 Å². The Labute approximate surface area is 118 Å². The molecular weight excluding hydrogens is 288 g/mol. The first kappa shape index (κ1) is 14.3. The SMILES string of the molecule is Cc1ccc(NC(=O)c2c(O)cc(F)cc2F)cc1Cl. The van der Waals surface area contributed by atoms with E-state index in [4.69, 9.17) is 11.6 Å². The van der Waals surface area contributed by atoms with Gasteiger partial charge >= 0.3 is 0 Å². The number of benzene rings is 2. The summed E-state index contributed by atoms with van der Waals surface area (Å²) < 4.78 is 26.4. The Morgan fingerprint density at radius 3 is 2.55 bits per heavy atom. The van der Waals surface area contributed by atoms with Crippen molar-refractivity contribution in [2.24, 2.45) is 0 Å². The van der Waals surface area contributed by atoms with E-state index in [2.05, 4.69) is 5.32 Å². The van der Waals surface area contributed by atoms with Crippen LogP contribution in [-0.2, 0) is 0 Å². The molecule has 6 heteroatoms. The molecule has 2 N–H and O–H groups in total. The third kappa shape index (κ3) is 2.88. The maximum absolute atomic E-state index is 13.5. The van der Waals surface area contributed by atoms with Gasteiger partial charge < -0.3 is 10.4 Å². The summed E-state index contributed by atoms with van der Waals surface area (Å²) in [7, 11) is 0. The monoisotopic (exact) mass is 297 g/mol. The van der Waals surface area contributed by atoms with Crippen LogP contribution in [0.5, 0.6) is 5.75 Å². The van der Waals surface area contributed by atoms with Gasteiger partial charge in [-0.05, 0) is 24.6 Å². The van der Waals surface area contributed by atoms with E-state index in [0.717, 1.165) is 5.56 Å². The van der Waals surface area contributed by atoms with Crippen molar-refractivity contribution in [2.75, 3.05) is 5.32 Å². The molecular formula is C14H10ClF2NO2. The van der Waals surface area contributed by atoms with Crippen molar-refractivity contribution >= 4 is 23.2 Å². The third-order valence-electron chi connectivity index (χ3n) is 2.69. The van der Waals surface area contributed by atoms with Crippen molar-refractivity contribution in [3.05, 3.63) is 58.1 Å². The molecule has 0 saturated heterocycles. The third-order valence-corrected chi connectivity index (χ3v) is 3.10. The molecule has 0 aliphatic carbocycles. The smallest absolute Gasteiger partial charge is 0.262 e. The Balaban J connectivity index is 2.31. The van der Waals surface area contributed by atoms with Gasteiger partial charge in [0.25, 0.3) is 5.91 Å². The van der Waals surface area contributed by atoms with Crippen LogP contribution in [0.25, 0.3) is 0 Å². The number of hydrogen-bond acceptors (Lipinski definition) is 2. The standard InChI is InChI=1S/C14H10ClF2NO2/c1-7-2-3-9(6-10(7)15)18-14(20)13-11(17)4-8(16)5-12(13)19/h2-6,19H,1H3,(H,18,20). The van der Waals surface area contributed by atoms with Crippen LogP contribution in [0.1, 0.15) is 15.9 Å². The van der Waals surface area contributed by atoms with E-state index in [1.54, 1.807) is 19.1 Å². The zero-order valence-corrected chi connectivity index (χ0v) is 11.1. The molecule has 1 amide bonds. The van der Waals surface area contributed by atoms with E-state index in [1.165, 1.54) is 6.07 Å². The number of anilines is 1. The molecule has 104 valence electrons. The van der Waals surface area contributed by atoms with E-state index < -0.39 is 28.9 Å². The number of phenols is 1. The topological polar surface area (TPSA) is 49.3 Å². The number of hydrogen-bond donors (Lipinski definition) is 2. The normalized spacial score (nSPS) is 10.4. The van der Waals surface area contributed by atoms with Gasteiger partial charge in [0.05, 0.1) is 0 Å². The van der Waals surface area contributed by atoms with Crippen molar-refractivity contribution in [1.82, 2.24) is 0 Å². The summed E-state index contributed by atoms with van der Waals surface area (Å²) in [5, 5.41) is 12.3. The minimum Gasteiger partial charge on any atom is -0.507 e. The molecule has 0 unspecified atom stereocenters. The van der Waals surface area contributed by atoms with Crippen LogP contribution in [-0.4, -0.2) is 11.0 Å². The number of amides is 1. The zero-order chi connectivity index (χ0) is 14.9. The maximum Gasteiger partial charge on any atom is 0.262 e. The first-order valence-corrected chi connectivity index (χ1v) is 6.02. The highest BCUT2D eigenvalue weighted by Gasteiger charge is 2.18. The Morgan fingerprint density at radius 2 is 1.95 bits per heavy atom. The molecule has 0 atom stereocenters. The summed E-state index contributed by atoms with van der Waals surface area (Å²) in [6.45, 7) is 1.79. The van der Waals surface area contributed by atoms with Crippen LogP contribution in [0, 0.1) is 18.6 Å². The van der Waals surface area contributed by atoms with Gasteiger partial charge in [-0.15, -0.1) is 0 Å². The van der Waals surface area contributed by atoms with Crippen molar-refractivity contribution < 1.29 is 18.7 Å². The molecule has 0 aliphatic heterocycles. The number of rotatable bonds is 2. The van der Waals surface area contributed by atoms with E-state index >= 15 is 0 Å². The minimum absolute atomic E-state index is 0.341. The zero-order valence-electron chi connectivity index (χ0n) is 10.4. The molecule has 2 aromatic carbocycles. The first-order chi connectivity index (χ1) is 9.38. The fraction of sp³-hybridized carbons (Fsp3) is 0.0714. The summed E-state index contributed by atoms with van der Waals surface area (Å²) in [5.41, 5.74) is 0.539. The fourth-order valence-corrected chi connectivity index (χ4v) is 1.83. The summed E-state index contributed by atoms with van der Waals surface area (Å²) in [4.78, 5) is 11.9. The highest BCUT2D eigenvalue weighted by Crippen LogP contribution is 2.25. The van der Waals surface area contributed by atoms with Gasteiger partial charge in [-0.3, -0.25) is 4.79 Å². The molecule has 3 nitrogen and oxygen atoms in total. The maximum atomic E-state index is 13.5. The number of phenolic OH excluding ortho intramolecular Hbond substituents is 1. The molecule has 0 heterocycles. The van der Waals surface area contributed by atoms with Crippen LogP contribution in [0.4, 0.5) is 14.5 Å². The molecule has 2 rings (SSSR count). The molecule has 0 aliphatic rings. The van der Waals surface area contributed by atoms with Crippen LogP contribution < -0.4 is 5.32 Å². The van der Waals surface area contributed by atoms with Crippen LogP contribution in [0.15, 0.2) is 30.3 Å². The van der Waals surface area contributed by atoms with Crippen LogP contribution in [0.2, 0.25) is 5.02 Å². The molecule has 0 spiro atoms. The van der Waals surface area contributed by atoms with Gasteiger partial charge in [-0.2, -0.15) is 0 Å². The lowest BCUT2D eigenvalue weighted by Crippen LogP contribution is -2.14. The molecule has 20 heavy (non-hydrogen) atoms. The summed E-state index contributed by atoms with van der Waals surface area (Å²) in [6, 6.07) is 5.94. The summed E-state index contributed by atoms with van der Waals surface area (Å²) in [6.07, 6.45) is 0. The van der Waals surface area contributed by atoms with Gasteiger partial charge in [0.2, 0.25) is 0 Å². The van der Waals surface area contributed by atoms with Crippen LogP contribution in [0.3, 0.4) is 0 Å². The van der Waals surface area contributed by atoms with Crippen molar-refractivity contribution in [2.45, 2.75) is 6.92 Å². The van der Waals surface area contributed by atoms with Crippen molar-refractivity contribution in [1.29, 1.82) is 0 Å². The van der Waals surface area contributed by atoms with Crippen LogP contribution >= 0.6 is 11.6 Å². The summed E-state index contributed by atoms with van der Waals surface area (Å²) in [5.74, 6) is -3.76. The van der Waals surface area contributed by atoms with Gasteiger partial charge in [0, 0.05) is 22.8 Å². The lowest BCUT2D eigenvalue weighted by molar-refractivity contribution is 0.102. The molecule has 2 aromatic rings. The van der Waals surface area contributed by atoms with Gasteiger partial charge in [-0.1, -0.05) is 17.7 Å². The molecule has 0 aromatic heterocycles. The predicted octanol–water partition coefficient (Wildman–Crippen LogP) is 3.88. The van der Waals surface area contributed by atoms with Gasteiger partial charge in [0.15, 0.2) is 0 Å². The molecule has 0 radical (unpaired) electrons. The van der Waals surface area contributed by atoms with E-state index in [0.29, 0.717) is 22.8 Å². The van der Waals surface area contributed by atoms with Crippen molar-refractivity contribution in [3.63, 3.8) is 0 Å². The highest BCUT2D eigenvalue weighted by atomic mass is 35.5. The Hall–Kier alpha value is -2.14. The van der Waals surface area contributed by atoms with Crippen molar-refractivity contribution in [3.8, 4) is 5.75 Å². The number of halogens is 3. The minimum atomic E-state index is -1.14. The Kier molecular flexibility index (Phi) is 3.90. The quantitative estimate of drug-likeness (QED) is 0.883. The lowest BCUT2D eigenvalue weighted by atomic mass is 10.1. The number of carbonyl (C=O) groups is 1. The van der Waals surface area contributed by atoms with Gasteiger partial charge in [-0.25, -0.2) is 8.78 Å². The summed E-state index contributed by atoms with van der Waals surface area (Å²) >= 11 is 5.90. The first-order valence-electron chi connectivity index (χ1n) is 5.64. The molecule has 0 saturated carbocycles. The number of aryl methyl sites for hydroxylation is 1. The highest BCUT2D eigenvalue weighted by molar-refractivity contribution is 6.31. The molecule has 0 fully saturated rings. The Bertz CT molecular complexity index is 666. The second kappa shape index (κ2) is 5.46. The number of carbonyl (C=O) groups excluding carboxylic acids is 1. The number of nitrogens with one attached hydrogen (secondary N) is 1. The largest absolute Gasteiger partial charge is 0.507 e. The predicted molar refractivity (Wildman–Crippen MR) is 72.2 cm³/mol. The lowest BCUT2D eigenvalue weighted by Gasteiger charge is -2.09. The van der Waals surface area contributed by atoms with E-state index in [-0.39, 0.29) is 0 Å². The molecule has 0 bridgehead atoms. The van der Waals surface area contributed by atoms with Gasteiger partial charge in [0.1, 0.15) is 22.9 Å². The fourth-order valence-electron chi connectivity index (χ4n) is 1.65. The second-order valence-electron chi connectivity index (χ2n) is 4.20.